The number of fused-ring (bicyclic) bond motifs is 1. The highest BCUT2D eigenvalue weighted by Gasteiger charge is 2.21. The Morgan fingerprint density at radius 2 is 1.96 bits per heavy atom. The zero-order valence-electron chi connectivity index (χ0n) is 13.3. The summed E-state index contributed by atoms with van der Waals surface area (Å²) in [6, 6.07) is 6.48. The van der Waals surface area contributed by atoms with Gasteiger partial charge in [0.1, 0.15) is 34.1 Å². The Morgan fingerprint density at radius 1 is 1.17 bits per heavy atom. The molecular weight excluding hydrogens is 314 g/mol. The number of hydrogen-bond donors (Lipinski definition) is 1. The maximum Gasteiger partial charge on any atom is 0.360 e. The van der Waals surface area contributed by atoms with Gasteiger partial charge in [-0.05, 0) is 18.2 Å². The second-order valence-corrected chi connectivity index (χ2v) is 5.00. The molecule has 3 rings (SSSR count). The number of carbonyl (C=O) groups excluding carboxylic acids is 1. The van der Waals surface area contributed by atoms with E-state index < -0.39 is 5.63 Å². The van der Waals surface area contributed by atoms with Crippen LogP contribution in [0, 0.1) is 0 Å². The van der Waals surface area contributed by atoms with Crippen molar-refractivity contribution < 1.29 is 23.1 Å². The van der Waals surface area contributed by atoms with Crippen LogP contribution in [-0.4, -0.2) is 20.1 Å². The van der Waals surface area contributed by atoms with Crippen LogP contribution in [0.2, 0.25) is 0 Å². The number of furan rings is 1. The molecule has 0 spiro atoms. The lowest BCUT2D eigenvalue weighted by Gasteiger charge is -2.13. The van der Waals surface area contributed by atoms with E-state index in [2.05, 4.69) is 5.32 Å². The fourth-order valence-electron chi connectivity index (χ4n) is 2.50. The molecule has 7 heteroatoms. The molecule has 0 saturated heterocycles. The van der Waals surface area contributed by atoms with Gasteiger partial charge in [-0.2, -0.15) is 0 Å². The van der Waals surface area contributed by atoms with Crippen molar-refractivity contribution in [2.45, 2.75) is 6.92 Å². The molecule has 0 aliphatic carbocycles. The molecule has 7 nitrogen and oxygen atoms in total. The minimum Gasteiger partial charge on any atom is -0.496 e. The van der Waals surface area contributed by atoms with Gasteiger partial charge in [-0.1, -0.05) is 0 Å². The maximum absolute atomic E-state index is 12.1. The smallest absolute Gasteiger partial charge is 0.360 e. The van der Waals surface area contributed by atoms with Gasteiger partial charge in [0.2, 0.25) is 5.91 Å². The van der Waals surface area contributed by atoms with Crippen LogP contribution in [0.25, 0.3) is 22.3 Å². The van der Waals surface area contributed by atoms with Crippen molar-refractivity contribution in [3.8, 4) is 22.8 Å². The lowest BCUT2D eigenvalue weighted by atomic mass is 10.1. The summed E-state index contributed by atoms with van der Waals surface area (Å²) in [4.78, 5) is 23.2. The molecule has 0 aliphatic heterocycles. The Morgan fingerprint density at radius 3 is 2.58 bits per heavy atom. The summed E-state index contributed by atoms with van der Waals surface area (Å²) < 4.78 is 21.6. The summed E-state index contributed by atoms with van der Waals surface area (Å²) in [6.07, 6.45) is 1.53. The van der Waals surface area contributed by atoms with E-state index in [0.29, 0.717) is 22.6 Å². The Kier molecular flexibility index (Phi) is 3.99. The third-order valence-corrected chi connectivity index (χ3v) is 3.48. The second-order valence-electron chi connectivity index (χ2n) is 5.00. The van der Waals surface area contributed by atoms with Crippen LogP contribution in [-0.2, 0) is 4.79 Å². The molecule has 0 unspecified atom stereocenters. The number of rotatable bonds is 4. The average Bonchev–Trinajstić information content (AvgIpc) is 3.02. The summed E-state index contributed by atoms with van der Waals surface area (Å²) in [5, 5.41) is 3.14. The number of anilines is 1. The number of amides is 1. The molecule has 0 bridgehead atoms. The number of methoxy groups -OCH3 is 2. The van der Waals surface area contributed by atoms with Crippen LogP contribution in [0.1, 0.15) is 6.92 Å². The van der Waals surface area contributed by atoms with Gasteiger partial charge in [-0.25, -0.2) is 4.79 Å². The van der Waals surface area contributed by atoms with E-state index in [4.69, 9.17) is 18.3 Å². The van der Waals surface area contributed by atoms with Gasteiger partial charge in [0.05, 0.1) is 25.9 Å². The maximum atomic E-state index is 12.1. The van der Waals surface area contributed by atoms with E-state index >= 15 is 0 Å². The molecule has 1 aromatic carbocycles. The van der Waals surface area contributed by atoms with Gasteiger partial charge >= 0.3 is 5.63 Å². The van der Waals surface area contributed by atoms with Crippen LogP contribution in [0.3, 0.4) is 0 Å². The first-order chi connectivity index (χ1) is 11.5. The van der Waals surface area contributed by atoms with E-state index in [1.165, 1.54) is 33.5 Å². The highest BCUT2D eigenvalue weighted by atomic mass is 16.5. The van der Waals surface area contributed by atoms with Crippen molar-refractivity contribution in [3.63, 3.8) is 0 Å². The normalized spacial score (nSPS) is 10.6. The number of carbonyl (C=O) groups is 1. The van der Waals surface area contributed by atoms with Crippen molar-refractivity contribution in [2.24, 2.45) is 0 Å². The lowest BCUT2D eigenvalue weighted by molar-refractivity contribution is -0.114. The summed E-state index contributed by atoms with van der Waals surface area (Å²) in [5.74, 6) is 0.800. The molecule has 2 aromatic heterocycles. The van der Waals surface area contributed by atoms with Crippen molar-refractivity contribution in [2.75, 3.05) is 19.5 Å². The van der Waals surface area contributed by atoms with E-state index in [9.17, 15) is 9.59 Å². The highest BCUT2D eigenvalue weighted by Crippen LogP contribution is 2.44. The molecule has 24 heavy (non-hydrogen) atoms. The largest absolute Gasteiger partial charge is 0.496 e. The lowest BCUT2D eigenvalue weighted by Crippen LogP contribution is -2.14. The molecular formula is C17H15NO6. The minimum absolute atomic E-state index is 0.0635. The Bertz CT molecular complexity index is 969. The van der Waals surface area contributed by atoms with Crippen molar-refractivity contribution in [1.29, 1.82) is 0 Å². The SMILES string of the molecule is COc1cc2occc2c(OC)c1-c1ccc(NC(C)=O)c(=O)o1. The molecule has 1 amide bonds. The summed E-state index contributed by atoms with van der Waals surface area (Å²) in [7, 11) is 3.01. The van der Waals surface area contributed by atoms with Gasteiger partial charge in [0.15, 0.2) is 0 Å². The molecule has 0 aliphatic rings. The molecule has 1 N–H and O–H groups in total. The zero-order chi connectivity index (χ0) is 17.3. The van der Waals surface area contributed by atoms with Crippen molar-refractivity contribution >= 4 is 22.6 Å². The molecule has 0 radical (unpaired) electrons. The van der Waals surface area contributed by atoms with E-state index in [0.717, 1.165) is 5.39 Å². The molecule has 0 fully saturated rings. The predicted molar refractivity (Wildman–Crippen MR) is 87.6 cm³/mol. The van der Waals surface area contributed by atoms with Crippen LogP contribution in [0.4, 0.5) is 5.69 Å². The van der Waals surface area contributed by atoms with Gasteiger partial charge in [0.25, 0.3) is 0 Å². The second kappa shape index (κ2) is 6.11. The first-order valence-corrected chi connectivity index (χ1v) is 7.09. The highest BCUT2D eigenvalue weighted by molar-refractivity contribution is 5.95. The summed E-state index contributed by atoms with van der Waals surface area (Å²) in [5.41, 5.74) is 0.470. The fraction of sp³-hybridized carbons (Fsp3) is 0.176. The quantitative estimate of drug-likeness (QED) is 0.791. The fourth-order valence-corrected chi connectivity index (χ4v) is 2.50. The number of ether oxygens (including phenoxy) is 2. The number of benzene rings is 1. The zero-order valence-corrected chi connectivity index (χ0v) is 13.3. The predicted octanol–water partition coefficient (Wildman–Crippen LogP) is 3.03. The first kappa shape index (κ1) is 15.7. The van der Waals surface area contributed by atoms with E-state index in [1.807, 2.05) is 0 Å². The van der Waals surface area contributed by atoms with Crippen LogP contribution in [0.5, 0.6) is 11.5 Å². The average molecular weight is 329 g/mol. The summed E-state index contributed by atoms with van der Waals surface area (Å²) in [6.45, 7) is 1.31. The Hall–Kier alpha value is -3.22. The standard InChI is InChI=1S/C17H15NO6/c1-9(19)18-11-4-5-12(24-17(11)20)15-14(21-2)8-13-10(6-7-23-13)16(15)22-3/h4-8H,1-3H3,(H,18,19). The monoisotopic (exact) mass is 329 g/mol. The van der Waals surface area contributed by atoms with Crippen molar-refractivity contribution in [3.05, 3.63) is 40.9 Å². The van der Waals surface area contributed by atoms with Gasteiger partial charge < -0.3 is 23.6 Å². The topological polar surface area (TPSA) is 90.9 Å². The molecule has 3 aromatic rings. The van der Waals surface area contributed by atoms with Gasteiger partial charge in [-0.3, -0.25) is 4.79 Å². The van der Waals surface area contributed by atoms with Gasteiger partial charge in [0, 0.05) is 13.0 Å². The molecule has 124 valence electrons. The molecule has 0 saturated carbocycles. The third-order valence-electron chi connectivity index (χ3n) is 3.48. The van der Waals surface area contributed by atoms with Crippen LogP contribution < -0.4 is 20.4 Å². The minimum atomic E-state index is -0.668. The molecule has 2 heterocycles. The van der Waals surface area contributed by atoms with Crippen LogP contribution >= 0.6 is 0 Å². The first-order valence-electron chi connectivity index (χ1n) is 7.09. The Balaban J connectivity index is 2.23. The van der Waals surface area contributed by atoms with E-state index in [1.54, 1.807) is 18.2 Å². The third kappa shape index (κ3) is 2.60. The summed E-state index contributed by atoms with van der Waals surface area (Å²) >= 11 is 0. The van der Waals surface area contributed by atoms with Gasteiger partial charge in [-0.15, -0.1) is 0 Å². The number of hydrogen-bond acceptors (Lipinski definition) is 6. The molecule has 0 atom stereocenters. The van der Waals surface area contributed by atoms with Crippen molar-refractivity contribution in [1.82, 2.24) is 0 Å². The number of nitrogens with one attached hydrogen (secondary N) is 1. The Labute approximate surface area is 136 Å². The van der Waals surface area contributed by atoms with Crippen LogP contribution in [0.15, 0.2) is 44.2 Å². The van der Waals surface area contributed by atoms with E-state index in [-0.39, 0.29) is 17.4 Å².